The van der Waals surface area contributed by atoms with Gasteiger partial charge in [-0.25, -0.2) is 0 Å². The first-order valence-corrected chi connectivity index (χ1v) is 10.7. The summed E-state index contributed by atoms with van der Waals surface area (Å²) >= 11 is 6.47. The van der Waals surface area contributed by atoms with Gasteiger partial charge in [-0.1, -0.05) is 11.4 Å². The highest BCUT2D eigenvalue weighted by atomic mass is 32.9. The third-order valence-electron chi connectivity index (χ3n) is 2.29. The highest BCUT2D eigenvalue weighted by molar-refractivity contribution is 8.68. The van der Waals surface area contributed by atoms with Crippen LogP contribution in [-0.2, 0) is 25.6 Å². The largest absolute Gasteiger partial charge is 0.325 e. The molecule has 7 nitrogen and oxygen atoms in total. The SMILES string of the molecule is CCOP(=S)(OCC)SCC(=O)Nc1ccc([N+](=O)[O-])cc1. The van der Waals surface area contributed by atoms with Crippen molar-refractivity contribution >= 4 is 46.2 Å². The van der Waals surface area contributed by atoms with E-state index in [-0.39, 0.29) is 17.3 Å². The molecular formula is C12H17N2O5PS2. The van der Waals surface area contributed by atoms with E-state index in [0.29, 0.717) is 18.9 Å². The second kappa shape index (κ2) is 9.22. The Morgan fingerprint density at radius 3 is 2.32 bits per heavy atom. The van der Waals surface area contributed by atoms with Gasteiger partial charge in [-0.15, -0.1) is 0 Å². The van der Waals surface area contributed by atoms with E-state index < -0.39 is 10.6 Å². The normalized spacial score (nSPS) is 11.2. The molecule has 1 N–H and O–H groups in total. The Morgan fingerprint density at radius 2 is 1.86 bits per heavy atom. The summed E-state index contributed by atoms with van der Waals surface area (Å²) in [5.41, 5.74) is -2.05. The number of nitro groups is 1. The van der Waals surface area contributed by atoms with Crippen LogP contribution in [0.3, 0.4) is 0 Å². The maximum absolute atomic E-state index is 11.9. The van der Waals surface area contributed by atoms with Gasteiger partial charge in [-0.2, -0.15) is 0 Å². The first-order chi connectivity index (χ1) is 10.4. The van der Waals surface area contributed by atoms with Gasteiger partial charge >= 0.3 is 0 Å². The van der Waals surface area contributed by atoms with Gasteiger partial charge in [0.25, 0.3) is 5.69 Å². The van der Waals surface area contributed by atoms with E-state index in [0.717, 1.165) is 0 Å². The minimum absolute atomic E-state index is 0.0319. The summed E-state index contributed by atoms with van der Waals surface area (Å²) in [5, 5.41) is 13.2. The van der Waals surface area contributed by atoms with Gasteiger partial charge in [0.2, 0.25) is 11.6 Å². The van der Waals surface area contributed by atoms with E-state index in [4.69, 9.17) is 20.9 Å². The first kappa shape index (κ1) is 19.1. The zero-order valence-corrected chi connectivity index (χ0v) is 14.7. The Bertz CT molecular complexity index is 557. The van der Waals surface area contributed by atoms with E-state index in [2.05, 4.69) is 5.32 Å². The van der Waals surface area contributed by atoms with Crippen LogP contribution in [0.25, 0.3) is 0 Å². The number of carbonyl (C=O) groups excluding carboxylic acids is 1. The summed E-state index contributed by atoms with van der Waals surface area (Å²) in [5.74, 6) is -0.179. The van der Waals surface area contributed by atoms with Gasteiger partial charge in [0, 0.05) is 17.8 Å². The lowest BCUT2D eigenvalue weighted by atomic mass is 10.3. The van der Waals surface area contributed by atoms with Crippen molar-refractivity contribution in [2.75, 3.05) is 24.3 Å². The molecule has 0 fully saturated rings. The fourth-order valence-electron chi connectivity index (χ4n) is 1.43. The predicted octanol–water partition coefficient (Wildman–Crippen LogP) is 3.56. The van der Waals surface area contributed by atoms with Gasteiger partial charge in [0.1, 0.15) is 0 Å². The van der Waals surface area contributed by atoms with Crippen molar-refractivity contribution in [2.45, 2.75) is 13.8 Å². The van der Waals surface area contributed by atoms with Crippen LogP contribution in [0.2, 0.25) is 0 Å². The fraction of sp³-hybridized carbons (Fsp3) is 0.417. The Balaban J connectivity index is 2.55. The molecule has 1 aromatic rings. The molecule has 0 bridgehead atoms. The molecule has 0 unspecified atom stereocenters. The second-order valence-electron chi connectivity index (χ2n) is 3.91. The van der Waals surface area contributed by atoms with Gasteiger partial charge in [-0.3, -0.25) is 14.9 Å². The Hall–Kier alpha value is -0.990. The lowest BCUT2D eigenvalue weighted by molar-refractivity contribution is -0.384. The topological polar surface area (TPSA) is 90.7 Å². The number of benzene rings is 1. The first-order valence-electron chi connectivity index (χ1n) is 6.48. The second-order valence-corrected chi connectivity index (χ2v) is 10.2. The Kier molecular flexibility index (Phi) is 7.98. The van der Waals surface area contributed by atoms with Crippen molar-refractivity contribution in [1.29, 1.82) is 0 Å². The molecule has 122 valence electrons. The molecule has 0 saturated carbocycles. The van der Waals surface area contributed by atoms with E-state index in [1.165, 1.54) is 35.6 Å². The number of amides is 1. The summed E-state index contributed by atoms with van der Waals surface area (Å²) < 4.78 is 10.8. The summed E-state index contributed by atoms with van der Waals surface area (Å²) in [4.78, 5) is 21.9. The molecule has 0 heterocycles. The maximum atomic E-state index is 11.9. The van der Waals surface area contributed by atoms with Crippen LogP contribution in [-0.4, -0.2) is 29.8 Å². The molecule has 22 heavy (non-hydrogen) atoms. The highest BCUT2D eigenvalue weighted by Crippen LogP contribution is 2.60. The fourth-order valence-corrected chi connectivity index (χ4v) is 5.65. The number of nitrogens with zero attached hydrogens (tertiary/aromatic N) is 1. The summed E-state index contributed by atoms with van der Waals surface area (Å²) in [6.45, 7) is 4.48. The third kappa shape index (κ3) is 6.41. The van der Waals surface area contributed by atoms with E-state index >= 15 is 0 Å². The van der Waals surface area contributed by atoms with Crippen molar-refractivity contribution in [1.82, 2.24) is 0 Å². The molecule has 0 spiro atoms. The number of nitrogens with one attached hydrogen (secondary N) is 1. The molecule has 0 aromatic heterocycles. The molecule has 1 amide bonds. The number of rotatable bonds is 9. The van der Waals surface area contributed by atoms with Crippen molar-refractivity contribution < 1.29 is 18.8 Å². The van der Waals surface area contributed by atoms with Gasteiger partial charge in [0.05, 0.1) is 23.9 Å². The van der Waals surface area contributed by atoms with Gasteiger partial charge in [-0.05, 0) is 37.8 Å². The van der Waals surface area contributed by atoms with Crippen LogP contribution in [0.4, 0.5) is 11.4 Å². The third-order valence-corrected chi connectivity index (χ3v) is 7.70. The van der Waals surface area contributed by atoms with E-state index in [9.17, 15) is 14.9 Å². The van der Waals surface area contributed by atoms with Crippen LogP contribution in [0, 0.1) is 10.1 Å². The minimum atomic E-state index is -2.50. The molecule has 0 aliphatic rings. The van der Waals surface area contributed by atoms with Gasteiger partial charge < -0.3 is 14.4 Å². The number of non-ortho nitro benzene ring substituents is 1. The van der Waals surface area contributed by atoms with Crippen LogP contribution in [0.1, 0.15) is 13.8 Å². The number of anilines is 1. The van der Waals surface area contributed by atoms with Crippen molar-refractivity contribution in [3.63, 3.8) is 0 Å². The van der Waals surface area contributed by atoms with E-state index in [1.807, 2.05) is 13.8 Å². The molecular weight excluding hydrogens is 347 g/mol. The summed E-state index contributed by atoms with van der Waals surface area (Å²) in [6.07, 6.45) is 0. The zero-order valence-electron chi connectivity index (χ0n) is 12.2. The molecule has 0 atom stereocenters. The minimum Gasteiger partial charge on any atom is -0.325 e. The van der Waals surface area contributed by atoms with Crippen LogP contribution in [0.5, 0.6) is 0 Å². The van der Waals surface area contributed by atoms with Crippen molar-refractivity contribution in [2.24, 2.45) is 0 Å². The molecule has 0 aliphatic heterocycles. The summed E-state index contributed by atoms with van der Waals surface area (Å²) in [7, 11) is 0. The number of nitro benzene ring substituents is 1. The lowest BCUT2D eigenvalue weighted by Gasteiger charge is -2.19. The Labute approximate surface area is 137 Å². The number of hydrogen-bond acceptors (Lipinski definition) is 7. The molecule has 1 rings (SSSR count). The standard InChI is InChI=1S/C12H17N2O5PS2/c1-3-18-20(21,19-4-2)22-9-12(15)13-10-5-7-11(8-6-10)14(16)17/h5-8H,3-4,9H2,1-2H3,(H,13,15). The van der Waals surface area contributed by atoms with Crippen LogP contribution < -0.4 is 5.32 Å². The molecule has 1 aromatic carbocycles. The average molecular weight is 364 g/mol. The van der Waals surface area contributed by atoms with E-state index in [1.54, 1.807) is 0 Å². The smallest absolute Gasteiger partial charge is 0.269 e. The molecule has 0 radical (unpaired) electrons. The monoisotopic (exact) mass is 364 g/mol. The van der Waals surface area contributed by atoms with Crippen molar-refractivity contribution in [3.8, 4) is 0 Å². The highest BCUT2D eigenvalue weighted by Gasteiger charge is 2.20. The molecule has 0 aliphatic carbocycles. The molecule has 10 heteroatoms. The van der Waals surface area contributed by atoms with Crippen LogP contribution >= 0.6 is 17.1 Å². The number of carbonyl (C=O) groups is 1. The van der Waals surface area contributed by atoms with Gasteiger partial charge in [0.15, 0.2) is 0 Å². The lowest BCUT2D eigenvalue weighted by Crippen LogP contribution is -2.14. The molecule has 0 saturated heterocycles. The quantitative estimate of drug-likeness (QED) is 0.407. The number of hydrogen-bond donors (Lipinski definition) is 1. The predicted molar refractivity (Wildman–Crippen MR) is 91.7 cm³/mol. The average Bonchev–Trinajstić information content (AvgIpc) is 2.46. The maximum Gasteiger partial charge on any atom is 0.269 e. The Morgan fingerprint density at radius 1 is 1.32 bits per heavy atom. The summed E-state index contributed by atoms with van der Waals surface area (Å²) in [6, 6.07) is 5.60. The van der Waals surface area contributed by atoms with Crippen molar-refractivity contribution in [3.05, 3.63) is 34.4 Å². The zero-order chi connectivity index (χ0) is 16.6. The van der Waals surface area contributed by atoms with Crippen LogP contribution in [0.15, 0.2) is 24.3 Å².